The SMILES string of the molecule is O=C(NCc1ccco1)c1cnc(-c2ccccc2)nc1Oc1ccccc1. The summed E-state index contributed by atoms with van der Waals surface area (Å²) in [4.78, 5) is 21.5. The van der Waals surface area contributed by atoms with E-state index in [2.05, 4.69) is 15.3 Å². The first kappa shape index (κ1) is 17.5. The van der Waals surface area contributed by atoms with Gasteiger partial charge in [-0.1, -0.05) is 48.5 Å². The molecule has 0 saturated heterocycles. The van der Waals surface area contributed by atoms with E-state index in [1.54, 1.807) is 30.5 Å². The third-order valence-electron chi connectivity index (χ3n) is 3.99. The summed E-state index contributed by atoms with van der Waals surface area (Å²) < 4.78 is 11.1. The quantitative estimate of drug-likeness (QED) is 0.541. The fourth-order valence-electron chi connectivity index (χ4n) is 2.60. The highest BCUT2D eigenvalue weighted by molar-refractivity contribution is 5.96. The number of nitrogens with zero attached hydrogens (tertiary/aromatic N) is 2. The molecule has 0 radical (unpaired) electrons. The number of aromatic nitrogens is 2. The van der Waals surface area contributed by atoms with E-state index in [1.165, 1.54) is 6.20 Å². The maximum atomic E-state index is 12.7. The van der Waals surface area contributed by atoms with Crippen LogP contribution in [0.2, 0.25) is 0 Å². The molecule has 2 aromatic carbocycles. The zero-order valence-electron chi connectivity index (χ0n) is 14.9. The number of carbonyl (C=O) groups excluding carboxylic acids is 1. The van der Waals surface area contributed by atoms with E-state index in [9.17, 15) is 4.79 Å². The zero-order chi connectivity index (χ0) is 19.2. The van der Waals surface area contributed by atoms with Gasteiger partial charge < -0.3 is 14.5 Å². The van der Waals surface area contributed by atoms with Gasteiger partial charge in [-0.25, -0.2) is 4.98 Å². The number of carbonyl (C=O) groups is 1. The second kappa shape index (κ2) is 8.18. The second-order valence-corrected chi connectivity index (χ2v) is 5.96. The standard InChI is InChI=1S/C22H17N3O3/c26-21(24-14-18-12-7-13-27-18)19-15-23-20(16-8-3-1-4-9-16)25-22(19)28-17-10-5-2-6-11-17/h1-13,15H,14H2,(H,24,26). The Labute approximate surface area is 161 Å². The summed E-state index contributed by atoms with van der Waals surface area (Å²) in [6.07, 6.45) is 3.04. The third kappa shape index (κ3) is 4.07. The number of para-hydroxylation sites is 1. The number of furan rings is 1. The van der Waals surface area contributed by atoms with Gasteiger partial charge in [0, 0.05) is 11.8 Å². The van der Waals surface area contributed by atoms with Gasteiger partial charge in [0.05, 0.1) is 12.8 Å². The molecule has 6 heteroatoms. The number of ether oxygens (including phenoxy) is 1. The molecule has 0 bridgehead atoms. The van der Waals surface area contributed by atoms with Crippen molar-refractivity contribution in [1.82, 2.24) is 15.3 Å². The fraction of sp³-hybridized carbons (Fsp3) is 0.0455. The van der Waals surface area contributed by atoms with Crippen LogP contribution in [0.15, 0.2) is 89.7 Å². The molecule has 0 saturated carbocycles. The van der Waals surface area contributed by atoms with Crippen LogP contribution in [0, 0.1) is 0 Å². The van der Waals surface area contributed by atoms with E-state index in [-0.39, 0.29) is 23.9 Å². The Hall–Kier alpha value is -3.93. The molecular weight excluding hydrogens is 354 g/mol. The van der Waals surface area contributed by atoms with Crippen LogP contribution in [-0.2, 0) is 6.54 Å². The van der Waals surface area contributed by atoms with Gasteiger partial charge in [0.2, 0.25) is 5.88 Å². The smallest absolute Gasteiger partial charge is 0.258 e. The highest BCUT2D eigenvalue weighted by atomic mass is 16.5. The Morgan fingerprint density at radius 1 is 0.964 bits per heavy atom. The van der Waals surface area contributed by atoms with E-state index in [0.29, 0.717) is 17.3 Å². The van der Waals surface area contributed by atoms with Crippen molar-refractivity contribution in [2.45, 2.75) is 6.54 Å². The largest absolute Gasteiger partial charge is 0.467 e. The Bertz CT molecular complexity index is 1050. The Morgan fingerprint density at radius 3 is 2.43 bits per heavy atom. The van der Waals surface area contributed by atoms with Gasteiger partial charge in [0.15, 0.2) is 5.82 Å². The average Bonchev–Trinajstić information content (AvgIpc) is 3.27. The lowest BCUT2D eigenvalue weighted by molar-refractivity contribution is 0.0944. The minimum atomic E-state index is -0.345. The molecular formula is C22H17N3O3. The van der Waals surface area contributed by atoms with Crippen molar-refractivity contribution in [3.63, 3.8) is 0 Å². The van der Waals surface area contributed by atoms with E-state index in [1.807, 2.05) is 48.5 Å². The van der Waals surface area contributed by atoms with Crippen molar-refractivity contribution in [1.29, 1.82) is 0 Å². The monoisotopic (exact) mass is 371 g/mol. The predicted octanol–water partition coefficient (Wildman–Crippen LogP) is 4.46. The molecule has 0 atom stereocenters. The van der Waals surface area contributed by atoms with Crippen LogP contribution in [0.25, 0.3) is 11.4 Å². The summed E-state index contributed by atoms with van der Waals surface area (Å²) in [6, 6.07) is 22.3. The number of nitrogens with one attached hydrogen (secondary N) is 1. The second-order valence-electron chi connectivity index (χ2n) is 5.96. The molecule has 0 aliphatic rings. The number of amides is 1. The van der Waals surface area contributed by atoms with Crippen LogP contribution in [0.3, 0.4) is 0 Å². The van der Waals surface area contributed by atoms with E-state index in [4.69, 9.17) is 9.15 Å². The molecule has 6 nitrogen and oxygen atoms in total. The van der Waals surface area contributed by atoms with Crippen molar-refractivity contribution in [2.75, 3.05) is 0 Å². The molecule has 0 spiro atoms. The molecule has 2 heterocycles. The van der Waals surface area contributed by atoms with Crippen LogP contribution < -0.4 is 10.1 Å². The fourth-order valence-corrected chi connectivity index (χ4v) is 2.60. The molecule has 0 aliphatic heterocycles. The van der Waals surface area contributed by atoms with Crippen LogP contribution in [-0.4, -0.2) is 15.9 Å². The van der Waals surface area contributed by atoms with Crippen molar-refractivity contribution in [3.8, 4) is 23.0 Å². The third-order valence-corrected chi connectivity index (χ3v) is 3.99. The van der Waals surface area contributed by atoms with Gasteiger partial charge in [-0.3, -0.25) is 4.79 Å². The van der Waals surface area contributed by atoms with Crippen LogP contribution in [0.1, 0.15) is 16.1 Å². The average molecular weight is 371 g/mol. The minimum Gasteiger partial charge on any atom is -0.467 e. The summed E-state index contributed by atoms with van der Waals surface area (Å²) in [5.74, 6) is 1.56. The number of hydrogen-bond acceptors (Lipinski definition) is 5. The maximum absolute atomic E-state index is 12.7. The predicted molar refractivity (Wildman–Crippen MR) is 104 cm³/mol. The Balaban J connectivity index is 1.64. The molecule has 2 aromatic heterocycles. The molecule has 4 rings (SSSR count). The number of benzene rings is 2. The maximum Gasteiger partial charge on any atom is 0.258 e. The highest BCUT2D eigenvalue weighted by Crippen LogP contribution is 2.25. The highest BCUT2D eigenvalue weighted by Gasteiger charge is 2.18. The molecule has 0 aliphatic carbocycles. The van der Waals surface area contributed by atoms with E-state index in [0.717, 1.165) is 5.56 Å². The van der Waals surface area contributed by atoms with Gasteiger partial charge >= 0.3 is 0 Å². The molecule has 0 fully saturated rings. The number of rotatable bonds is 6. The van der Waals surface area contributed by atoms with Gasteiger partial charge in [-0.2, -0.15) is 4.98 Å². The van der Waals surface area contributed by atoms with Crippen molar-refractivity contribution in [3.05, 3.63) is 96.6 Å². The van der Waals surface area contributed by atoms with Gasteiger partial charge in [0.1, 0.15) is 17.1 Å². The zero-order valence-corrected chi connectivity index (χ0v) is 14.9. The first-order valence-corrected chi connectivity index (χ1v) is 8.75. The topological polar surface area (TPSA) is 77.3 Å². The number of hydrogen-bond donors (Lipinski definition) is 1. The van der Waals surface area contributed by atoms with Crippen molar-refractivity contribution in [2.24, 2.45) is 0 Å². The Kier molecular flexibility index (Phi) is 5.11. The summed E-state index contributed by atoms with van der Waals surface area (Å²) >= 11 is 0. The lowest BCUT2D eigenvalue weighted by atomic mass is 10.2. The molecule has 0 unspecified atom stereocenters. The molecule has 1 N–H and O–H groups in total. The van der Waals surface area contributed by atoms with Gasteiger partial charge in [-0.15, -0.1) is 0 Å². The molecule has 138 valence electrons. The summed E-state index contributed by atoms with van der Waals surface area (Å²) in [6.45, 7) is 0.261. The molecule has 28 heavy (non-hydrogen) atoms. The van der Waals surface area contributed by atoms with Crippen molar-refractivity contribution >= 4 is 5.91 Å². The molecule has 1 amide bonds. The summed E-state index contributed by atoms with van der Waals surface area (Å²) in [5, 5.41) is 2.79. The van der Waals surface area contributed by atoms with E-state index >= 15 is 0 Å². The normalized spacial score (nSPS) is 10.4. The van der Waals surface area contributed by atoms with Crippen LogP contribution in [0.5, 0.6) is 11.6 Å². The first-order valence-electron chi connectivity index (χ1n) is 8.75. The molecule has 4 aromatic rings. The van der Waals surface area contributed by atoms with Crippen LogP contribution >= 0.6 is 0 Å². The van der Waals surface area contributed by atoms with Crippen LogP contribution in [0.4, 0.5) is 0 Å². The summed E-state index contributed by atoms with van der Waals surface area (Å²) in [5.41, 5.74) is 1.08. The minimum absolute atomic E-state index is 0.192. The van der Waals surface area contributed by atoms with Gasteiger partial charge in [-0.05, 0) is 24.3 Å². The summed E-state index contributed by atoms with van der Waals surface area (Å²) in [7, 11) is 0. The van der Waals surface area contributed by atoms with Crippen molar-refractivity contribution < 1.29 is 13.9 Å². The Morgan fingerprint density at radius 2 is 1.71 bits per heavy atom. The van der Waals surface area contributed by atoms with E-state index < -0.39 is 0 Å². The first-order chi connectivity index (χ1) is 13.8. The van der Waals surface area contributed by atoms with Gasteiger partial charge in [0.25, 0.3) is 5.91 Å². The lowest BCUT2D eigenvalue weighted by Gasteiger charge is -2.11. The lowest BCUT2D eigenvalue weighted by Crippen LogP contribution is -2.23.